The molecular weight excluding hydrogens is 244 g/mol. The molecule has 0 saturated heterocycles. The third-order valence-electron chi connectivity index (χ3n) is 3.46. The SMILES string of the molecule is Cc1nn(C)c(C)c1OCCCCC(C)(C)C(=O)O. The predicted molar refractivity (Wildman–Crippen MR) is 73.4 cm³/mol. The molecule has 0 fully saturated rings. The molecule has 0 aliphatic heterocycles. The third-order valence-corrected chi connectivity index (χ3v) is 3.46. The van der Waals surface area contributed by atoms with Crippen LogP contribution in [-0.4, -0.2) is 27.5 Å². The Morgan fingerprint density at radius 2 is 2.00 bits per heavy atom. The predicted octanol–water partition coefficient (Wildman–Crippen LogP) is 2.70. The molecule has 1 heterocycles. The zero-order valence-corrected chi connectivity index (χ0v) is 12.5. The molecule has 5 heteroatoms. The lowest BCUT2D eigenvalue weighted by atomic mass is 9.87. The molecule has 0 saturated carbocycles. The Balaban J connectivity index is 2.34. The monoisotopic (exact) mass is 268 g/mol. The number of hydrogen-bond donors (Lipinski definition) is 1. The van der Waals surface area contributed by atoms with Crippen molar-refractivity contribution >= 4 is 5.97 Å². The number of ether oxygens (including phenoxy) is 1. The molecule has 108 valence electrons. The van der Waals surface area contributed by atoms with Gasteiger partial charge in [-0.25, -0.2) is 0 Å². The summed E-state index contributed by atoms with van der Waals surface area (Å²) in [4.78, 5) is 11.0. The van der Waals surface area contributed by atoms with Crippen LogP contribution in [0.3, 0.4) is 0 Å². The highest BCUT2D eigenvalue weighted by atomic mass is 16.5. The Bertz CT molecular complexity index is 450. The standard InChI is InChI=1S/C14H24N2O3/c1-10-12(11(2)16(5)15-10)19-9-7-6-8-14(3,4)13(17)18/h6-9H2,1-5H3,(H,17,18). The number of aromatic nitrogens is 2. The molecule has 0 aliphatic carbocycles. The summed E-state index contributed by atoms with van der Waals surface area (Å²) in [6.45, 7) is 8.01. The van der Waals surface area contributed by atoms with Gasteiger partial charge in [0.25, 0.3) is 0 Å². The molecule has 1 aromatic heterocycles. The number of carboxylic acid groups (broad SMARTS) is 1. The minimum absolute atomic E-state index is 0.600. The number of aryl methyl sites for hydroxylation is 2. The zero-order valence-electron chi connectivity index (χ0n) is 12.5. The first-order valence-electron chi connectivity index (χ1n) is 6.62. The molecule has 0 spiro atoms. The minimum Gasteiger partial charge on any atom is -0.490 e. The van der Waals surface area contributed by atoms with E-state index in [4.69, 9.17) is 9.84 Å². The number of nitrogens with zero attached hydrogens (tertiary/aromatic N) is 2. The van der Waals surface area contributed by atoms with Gasteiger partial charge in [0.2, 0.25) is 0 Å². The Labute approximate surface area is 114 Å². The Morgan fingerprint density at radius 1 is 1.37 bits per heavy atom. The van der Waals surface area contributed by atoms with Crippen LogP contribution in [0, 0.1) is 19.3 Å². The quantitative estimate of drug-likeness (QED) is 0.772. The average Bonchev–Trinajstić information content (AvgIpc) is 2.54. The summed E-state index contributed by atoms with van der Waals surface area (Å²) in [6, 6.07) is 0. The second-order valence-corrected chi connectivity index (χ2v) is 5.62. The molecule has 5 nitrogen and oxygen atoms in total. The third kappa shape index (κ3) is 3.98. The van der Waals surface area contributed by atoms with Crippen LogP contribution in [0.15, 0.2) is 0 Å². The normalized spacial score (nSPS) is 11.6. The molecule has 19 heavy (non-hydrogen) atoms. The van der Waals surface area contributed by atoms with Crippen LogP contribution in [0.1, 0.15) is 44.5 Å². The Hall–Kier alpha value is -1.52. The Kier molecular flexibility index (Phi) is 4.97. The van der Waals surface area contributed by atoms with Crippen LogP contribution in [0.5, 0.6) is 5.75 Å². The summed E-state index contributed by atoms with van der Waals surface area (Å²) in [5.74, 6) is 0.104. The molecular formula is C14H24N2O3. The number of hydrogen-bond acceptors (Lipinski definition) is 3. The molecule has 0 aliphatic rings. The van der Waals surface area contributed by atoms with Crippen molar-refractivity contribution in [1.82, 2.24) is 9.78 Å². The van der Waals surface area contributed by atoms with E-state index in [2.05, 4.69) is 5.10 Å². The van der Waals surface area contributed by atoms with Crippen LogP contribution in [-0.2, 0) is 11.8 Å². The van der Waals surface area contributed by atoms with E-state index < -0.39 is 11.4 Å². The van der Waals surface area contributed by atoms with Gasteiger partial charge in [0.15, 0.2) is 5.75 Å². The highest BCUT2D eigenvalue weighted by molar-refractivity contribution is 5.73. The molecule has 0 atom stereocenters. The van der Waals surface area contributed by atoms with Crippen molar-refractivity contribution in [3.63, 3.8) is 0 Å². The van der Waals surface area contributed by atoms with E-state index in [9.17, 15) is 4.79 Å². The van der Waals surface area contributed by atoms with E-state index in [1.165, 1.54) is 0 Å². The number of carboxylic acids is 1. The molecule has 0 radical (unpaired) electrons. The summed E-state index contributed by atoms with van der Waals surface area (Å²) in [5.41, 5.74) is 1.26. The van der Waals surface area contributed by atoms with Gasteiger partial charge in [0.1, 0.15) is 5.69 Å². The molecule has 0 amide bonds. The summed E-state index contributed by atoms with van der Waals surface area (Å²) < 4.78 is 7.54. The first kappa shape index (κ1) is 15.5. The van der Waals surface area contributed by atoms with Gasteiger partial charge in [-0.15, -0.1) is 0 Å². The average molecular weight is 268 g/mol. The van der Waals surface area contributed by atoms with E-state index >= 15 is 0 Å². The Morgan fingerprint density at radius 3 is 2.47 bits per heavy atom. The molecule has 1 aromatic rings. The van der Waals surface area contributed by atoms with Gasteiger partial charge >= 0.3 is 5.97 Å². The van der Waals surface area contributed by atoms with Gasteiger partial charge in [0, 0.05) is 7.05 Å². The van der Waals surface area contributed by atoms with E-state index in [1.807, 2.05) is 20.9 Å². The number of unbranched alkanes of at least 4 members (excludes halogenated alkanes) is 1. The fourth-order valence-electron chi connectivity index (χ4n) is 1.91. The number of aliphatic carboxylic acids is 1. The number of rotatable bonds is 7. The number of carbonyl (C=O) groups is 1. The highest BCUT2D eigenvalue weighted by Crippen LogP contribution is 2.24. The summed E-state index contributed by atoms with van der Waals surface area (Å²) in [7, 11) is 1.89. The van der Waals surface area contributed by atoms with Gasteiger partial charge in [-0.05, 0) is 47.0 Å². The lowest BCUT2D eigenvalue weighted by Crippen LogP contribution is -2.23. The van der Waals surface area contributed by atoms with Crippen molar-refractivity contribution in [2.75, 3.05) is 6.61 Å². The van der Waals surface area contributed by atoms with Crippen molar-refractivity contribution in [2.45, 2.75) is 47.0 Å². The van der Waals surface area contributed by atoms with Gasteiger partial charge < -0.3 is 9.84 Å². The van der Waals surface area contributed by atoms with E-state index in [1.54, 1.807) is 18.5 Å². The van der Waals surface area contributed by atoms with E-state index in [0.717, 1.165) is 30.0 Å². The van der Waals surface area contributed by atoms with Crippen molar-refractivity contribution in [3.8, 4) is 5.75 Å². The van der Waals surface area contributed by atoms with Crippen molar-refractivity contribution in [1.29, 1.82) is 0 Å². The second-order valence-electron chi connectivity index (χ2n) is 5.62. The molecule has 0 aromatic carbocycles. The van der Waals surface area contributed by atoms with Crippen LogP contribution in [0.2, 0.25) is 0 Å². The molecule has 0 bridgehead atoms. The van der Waals surface area contributed by atoms with Crippen molar-refractivity contribution in [2.24, 2.45) is 12.5 Å². The fourth-order valence-corrected chi connectivity index (χ4v) is 1.91. The lowest BCUT2D eigenvalue weighted by molar-refractivity contribution is -0.147. The topological polar surface area (TPSA) is 64.4 Å². The van der Waals surface area contributed by atoms with Crippen LogP contribution in [0.25, 0.3) is 0 Å². The summed E-state index contributed by atoms with van der Waals surface area (Å²) in [5, 5.41) is 13.3. The minimum atomic E-state index is -0.743. The highest BCUT2D eigenvalue weighted by Gasteiger charge is 2.26. The maximum atomic E-state index is 11.0. The zero-order chi connectivity index (χ0) is 14.6. The molecule has 0 unspecified atom stereocenters. The fraction of sp³-hybridized carbons (Fsp3) is 0.714. The van der Waals surface area contributed by atoms with Gasteiger partial charge in [-0.2, -0.15) is 5.10 Å². The van der Waals surface area contributed by atoms with Crippen molar-refractivity contribution < 1.29 is 14.6 Å². The molecule has 1 N–H and O–H groups in total. The lowest BCUT2D eigenvalue weighted by Gasteiger charge is -2.18. The van der Waals surface area contributed by atoms with Gasteiger partial charge in [-0.3, -0.25) is 9.48 Å². The van der Waals surface area contributed by atoms with E-state index in [-0.39, 0.29) is 0 Å². The van der Waals surface area contributed by atoms with Crippen LogP contribution in [0.4, 0.5) is 0 Å². The summed E-state index contributed by atoms with van der Waals surface area (Å²) >= 11 is 0. The van der Waals surface area contributed by atoms with Crippen LogP contribution < -0.4 is 4.74 Å². The maximum Gasteiger partial charge on any atom is 0.309 e. The van der Waals surface area contributed by atoms with Gasteiger partial charge in [0.05, 0.1) is 17.7 Å². The second kappa shape index (κ2) is 6.08. The summed E-state index contributed by atoms with van der Waals surface area (Å²) in [6.07, 6.45) is 2.36. The smallest absolute Gasteiger partial charge is 0.309 e. The van der Waals surface area contributed by atoms with Gasteiger partial charge in [-0.1, -0.05) is 0 Å². The van der Waals surface area contributed by atoms with Crippen LogP contribution >= 0.6 is 0 Å². The van der Waals surface area contributed by atoms with Crippen molar-refractivity contribution in [3.05, 3.63) is 11.4 Å². The first-order valence-corrected chi connectivity index (χ1v) is 6.62. The van der Waals surface area contributed by atoms with E-state index in [0.29, 0.717) is 13.0 Å². The largest absolute Gasteiger partial charge is 0.490 e. The maximum absolute atomic E-state index is 11.0. The first-order chi connectivity index (χ1) is 8.75. The molecule has 1 rings (SSSR count).